The molecule has 2 aromatic rings. The van der Waals surface area contributed by atoms with Gasteiger partial charge in [0, 0.05) is 10.9 Å². The van der Waals surface area contributed by atoms with Crippen molar-refractivity contribution in [2.45, 2.75) is 33.6 Å². The second-order valence-electron chi connectivity index (χ2n) is 4.40. The predicted octanol–water partition coefficient (Wildman–Crippen LogP) is 3.14. The fraction of sp³-hybridized carbons (Fsp3) is 0.467. The zero-order valence-corrected chi connectivity index (χ0v) is 11.8. The Bertz CT molecular complexity index is 570. The smallest absolute Gasteiger partial charge is 0.122 e. The first kappa shape index (κ1) is 12.8. The highest BCUT2D eigenvalue weighted by Crippen LogP contribution is 2.34. The first-order valence-electron chi connectivity index (χ1n) is 6.43. The molecule has 1 aromatic carbocycles. The van der Waals surface area contributed by atoms with Crippen molar-refractivity contribution in [3.8, 4) is 5.75 Å². The van der Waals surface area contributed by atoms with Gasteiger partial charge >= 0.3 is 0 Å². The van der Waals surface area contributed by atoms with Gasteiger partial charge in [-0.2, -0.15) is 4.73 Å². The van der Waals surface area contributed by atoms with Gasteiger partial charge in [0.2, 0.25) is 0 Å². The minimum Gasteiger partial charge on any atom is -0.496 e. The molecule has 3 heteroatoms. The van der Waals surface area contributed by atoms with Crippen LogP contribution in [-0.4, -0.2) is 19.0 Å². The molecule has 0 aliphatic heterocycles. The van der Waals surface area contributed by atoms with E-state index in [0.29, 0.717) is 0 Å². The van der Waals surface area contributed by atoms with Crippen LogP contribution in [0.15, 0.2) is 12.1 Å². The summed E-state index contributed by atoms with van der Waals surface area (Å²) < 4.78 is 7.40. The number of hydrogen-bond acceptors (Lipinski definition) is 2. The molecule has 2 rings (SSSR count). The highest BCUT2D eigenvalue weighted by molar-refractivity contribution is 5.90. The largest absolute Gasteiger partial charge is 0.496 e. The Morgan fingerprint density at radius 2 is 1.83 bits per heavy atom. The van der Waals surface area contributed by atoms with Crippen LogP contribution in [0.1, 0.15) is 30.7 Å². The van der Waals surface area contributed by atoms with Crippen LogP contribution in [0.5, 0.6) is 5.75 Å². The summed E-state index contributed by atoms with van der Waals surface area (Å²) in [6, 6.07) is 4.10. The van der Waals surface area contributed by atoms with Crippen LogP contribution in [0.3, 0.4) is 0 Å². The molecule has 0 spiro atoms. The fourth-order valence-corrected chi connectivity index (χ4v) is 2.81. The van der Waals surface area contributed by atoms with Crippen molar-refractivity contribution in [3.05, 3.63) is 29.0 Å². The summed E-state index contributed by atoms with van der Waals surface area (Å²) in [4.78, 5) is 5.52. The standard InChI is InChI=1S/C15H21NO2/c1-6-11-14(17-4)9-8-13-15(11)10(3)12(7-2)16(13)18-5/h8-9H,6-7H2,1-5H3. The van der Waals surface area contributed by atoms with E-state index < -0.39 is 0 Å². The number of rotatable bonds is 4. The van der Waals surface area contributed by atoms with Gasteiger partial charge in [0.05, 0.1) is 18.3 Å². The maximum Gasteiger partial charge on any atom is 0.122 e. The second-order valence-corrected chi connectivity index (χ2v) is 4.40. The van der Waals surface area contributed by atoms with E-state index in [-0.39, 0.29) is 0 Å². The summed E-state index contributed by atoms with van der Waals surface area (Å²) in [6.45, 7) is 6.47. The first-order chi connectivity index (χ1) is 8.69. The van der Waals surface area contributed by atoms with Gasteiger partial charge in [0.1, 0.15) is 12.9 Å². The SMILES string of the molecule is CCc1c(OC)ccc2c1c(C)c(CC)n2OC. The van der Waals surface area contributed by atoms with E-state index in [4.69, 9.17) is 9.57 Å². The highest BCUT2D eigenvalue weighted by atomic mass is 16.6. The maximum absolute atomic E-state index is 5.52. The van der Waals surface area contributed by atoms with Gasteiger partial charge in [-0.05, 0) is 37.5 Å². The Labute approximate surface area is 108 Å². The van der Waals surface area contributed by atoms with Crippen molar-refractivity contribution in [2.24, 2.45) is 0 Å². The monoisotopic (exact) mass is 247 g/mol. The number of benzene rings is 1. The summed E-state index contributed by atoms with van der Waals surface area (Å²) in [7, 11) is 3.44. The van der Waals surface area contributed by atoms with Crippen LogP contribution in [0.4, 0.5) is 0 Å². The summed E-state index contributed by atoms with van der Waals surface area (Å²) >= 11 is 0. The van der Waals surface area contributed by atoms with Gasteiger partial charge in [-0.25, -0.2) is 0 Å². The molecular formula is C15H21NO2. The molecule has 0 atom stereocenters. The van der Waals surface area contributed by atoms with Crippen LogP contribution >= 0.6 is 0 Å². The highest BCUT2D eigenvalue weighted by Gasteiger charge is 2.18. The lowest BCUT2D eigenvalue weighted by Gasteiger charge is -2.10. The minimum atomic E-state index is 0.957. The van der Waals surface area contributed by atoms with Crippen LogP contribution in [0, 0.1) is 6.92 Å². The van der Waals surface area contributed by atoms with Gasteiger partial charge in [0.25, 0.3) is 0 Å². The van der Waals surface area contributed by atoms with E-state index in [1.165, 1.54) is 22.2 Å². The third-order valence-electron chi connectivity index (χ3n) is 3.61. The fourth-order valence-electron chi connectivity index (χ4n) is 2.81. The molecule has 0 amide bonds. The lowest BCUT2D eigenvalue weighted by Crippen LogP contribution is -2.09. The Morgan fingerprint density at radius 1 is 1.11 bits per heavy atom. The molecule has 0 aliphatic rings. The van der Waals surface area contributed by atoms with Crippen LogP contribution < -0.4 is 9.57 Å². The molecule has 0 fully saturated rings. The molecule has 0 bridgehead atoms. The molecule has 0 saturated carbocycles. The molecule has 0 aliphatic carbocycles. The number of aryl methyl sites for hydroxylation is 2. The van der Waals surface area contributed by atoms with E-state index in [2.05, 4.69) is 26.8 Å². The van der Waals surface area contributed by atoms with Crippen LogP contribution in [0.25, 0.3) is 10.9 Å². The van der Waals surface area contributed by atoms with E-state index in [0.717, 1.165) is 24.1 Å². The van der Waals surface area contributed by atoms with Crippen molar-refractivity contribution in [3.63, 3.8) is 0 Å². The van der Waals surface area contributed by atoms with Crippen molar-refractivity contribution < 1.29 is 9.57 Å². The summed E-state index contributed by atoms with van der Waals surface area (Å²) in [6.07, 6.45) is 1.91. The number of fused-ring (bicyclic) bond motifs is 1. The summed E-state index contributed by atoms with van der Waals surface area (Å²) in [5, 5.41) is 1.27. The van der Waals surface area contributed by atoms with Gasteiger partial charge in [0.15, 0.2) is 0 Å². The van der Waals surface area contributed by atoms with Crippen molar-refractivity contribution in [2.75, 3.05) is 14.2 Å². The number of hydrogen-bond donors (Lipinski definition) is 0. The third kappa shape index (κ3) is 1.65. The van der Waals surface area contributed by atoms with Crippen LogP contribution in [-0.2, 0) is 12.8 Å². The molecule has 3 nitrogen and oxygen atoms in total. The van der Waals surface area contributed by atoms with Gasteiger partial charge in [-0.1, -0.05) is 13.8 Å². The molecule has 1 aromatic heterocycles. The Morgan fingerprint density at radius 3 is 2.33 bits per heavy atom. The molecule has 1 heterocycles. The van der Waals surface area contributed by atoms with Crippen molar-refractivity contribution >= 4 is 10.9 Å². The average molecular weight is 247 g/mol. The Kier molecular flexibility index (Phi) is 3.50. The summed E-state index contributed by atoms with van der Waals surface area (Å²) in [5.41, 5.74) is 4.92. The van der Waals surface area contributed by atoms with Crippen molar-refractivity contribution in [1.82, 2.24) is 4.73 Å². The quantitative estimate of drug-likeness (QED) is 0.828. The molecule has 98 valence electrons. The normalized spacial score (nSPS) is 10.9. The number of ether oxygens (including phenoxy) is 1. The third-order valence-corrected chi connectivity index (χ3v) is 3.61. The van der Waals surface area contributed by atoms with Gasteiger partial charge in [-0.3, -0.25) is 0 Å². The minimum absolute atomic E-state index is 0.957. The van der Waals surface area contributed by atoms with Gasteiger partial charge < -0.3 is 9.57 Å². The average Bonchev–Trinajstić information content (AvgIpc) is 2.69. The number of nitrogens with zero attached hydrogens (tertiary/aromatic N) is 1. The van der Waals surface area contributed by atoms with E-state index in [9.17, 15) is 0 Å². The second kappa shape index (κ2) is 4.92. The topological polar surface area (TPSA) is 23.4 Å². The number of methoxy groups -OCH3 is 1. The lowest BCUT2D eigenvalue weighted by molar-refractivity contribution is 0.171. The summed E-state index contributed by atoms with van der Waals surface area (Å²) in [5.74, 6) is 0.962. The Hall–Kier alpha value is -1.64. The van der Waals surface area contributed by atoms with E-state index in [1.807, 2.05) is 10.8 Å². The van der Waals surface area contributed by atoms with Crippen LogP contribution in [0.2, 0.25) is 0 Å². The van der Waals surface area contributed by atoms with E-state index in [1.54, 1.807) is 14.2 Å². The van der Waals surface area contributed by atoms with E-state index >= 15 is 0 Å². The Balaban J connectivity index is 2.89. The molecule has 18 heavy (non-hydrogen) atoms. The van der Waals surface area contributed by atoms with Gasteiger partial charge in [-0.15, -0.1) is 0 Å². The number of aromatic nitrogens is 1. The first-order valence-corrected chi connectivity index (χ1v) is 6.43. The predicted molar refractivity (Wildman–Crippen MR) is 74.5 cm³/mol. The molecule has 0 unspecified atom stereocenters. The molecule has 0 N–H and O–H groups in total. The molecular weight excluding hydrogens is 226 g/mol. The van der Waals surface area contributed by atoms with Crippen molar-refractivity contribution in [1.29, 1.82) is 0 Å². The maximum atomic E-state index is 5.52. The zero-order valence-electron chi connectivity index (χ0n) is 11.8. The lowest BCUT2D eigenvalue weighted by atomic mass is 10.0. The molecule has 0 radical (unpaired) electrons. The molecule has 0 saturated heterocycles. The zero-order chi connectivity index (χ0) is 13.3.